The first kappa shape index (κ1) is 15.7. The molecule has 0 spiro atoms. The van der Waals surface area contributed by atoms with Gasteiger partial charge in [0.1, 0.15) is 0 Å². The lowest BCUT2D eigenvalue weighted by Gasteiger charge is -2.32. The molecule has 0 aromatic carbocycles. The normalized spacial score (nSPS) is 16.3. The lowest BCUT2D eigenvalue weighted by atomic mass is 10.1. The summed E-state index contributed by atoms with van der Waals surface area (Å²) in [4.78, 5) is 18.3. The number of nitrogens with one attached hydrogen (secondary N) is 1. The van der Waals surface area contributed by atoms with Crippen LogP contribution in [0.15, 0.2) is 23.6 Å². The fourth-order valence-electron chi connectivity index (χ4n) is 2.79. The summed E-state index contributed by atoms with van der Waals surface area (Å²) < 4.78 is 0. The minimum Gasteiger partial charge on any atom is -0.350 e. The van der Waals surface area contributed by atoms with E-state index in [1.165, 1.54) is 15.3 Å². The Kier molecular flexibility index (Phi) is 4.96. The molecular weight excluding hydrogens is 312 g/mol. The van der Waals surface area contributed by atoms with Gasteiger partial charge < -0.3 is 5.32 Å². The molecule has 1 atom stereocenters. The first-order valence-electron chi connectivity index (χ1n) is 7.83. The Hall–Kier alpha value is -1.17. The van der Waals surface area contributed by atoms with Crippen LogP contribution in [0.3, 0.4) is 0 Å². The first-order valence-corrected chi connectivity index (χ1v) is 9.53. The van der Waals surface area contributed by atoms with Crippen LogP contribution < -0.4 is 5.32 Å². The molecule has 0 saturated heterocycles. The molecule has 3 heterocycles. The predicted molar refractivity (Wildman–Crippen MR) is 93.9 cm³/mol. The van der Waals surface area contributed by atoms with Crippen LogP contribution in [-0.2, 0) is 19.4 Å². The molecule has 0 unspecified atom stereocenters. The first-order chi connectivity index (χ1) is 10.7. The lowest BCUT2D eigenvalue weighted by Crippen LogP contribution is -2.44. The molecule has 22 heavy (non-hydrogen) atoms. The van der Waals surface area contributed by atoms with Crippen molar-refractivity contribution in [3.63, 3.8) is 0 Å². The molecule has 5 heteroatoms. The van der Waals surface area contributed by atoms with Crippen molar-refractivity contribution in [3.8, 4) is 0 Å². The Labute approximate surface area is 140 Å². The highest BCUT2D eigenvalue weighted by Crippen LogP contribution is 2.25. The number of hydrogen-bond donors (Lipinski definition) is 1. The van der Waals surface area contributed by atoms with Crippen molar-refractivity contribution in [3.05, 3.63) is 43.8 Å². The van der Waals surface area contributed by atoms with Crippen molar-refractivity contribution in [1.29, 1.82) is 0 Å². The fraction of sp³-hybridized carbons (Fsp3) is 0.471. The van der Waals surface area contributed by atoms with Crippen molar-refractivity contribution >= 4 is 28.6 Å². The van der Waals surface area contributed by atoms with Gasteiger partial charge in [-0.3, -0.25) is 9.69 Å². The summed E-state index contributed by atoms with van der Waals surface area (Å²) in [6.45, 7) is 7.12. The molecule has 1 N–H and O–H groups in total. The number of rotatable bonds is 5. The van der Waals surface area contributed by atoms with E-state index in [4.69, 9.17) is 0 Å². The van der Waals surface area contributed by atoms with Crippen LogP contribution >= 0.6 is 22.7 Å². The minimum atomic E-state index is 0.0600. The van der Waals surface area contributed by atoms with Gasteiger partial charge in [0.25, 0.3) is 5.91 Å². The average Bonchev–Trinajstić information content (AvgIpc) is 3.19. The number of carbonyl (C=O) groups excluding carboxylic acids is 1. The molecule has 1 amide bonds. The molecule has 0 saturated carbocycles. The van der Waals surface area contributed by atoms with Gasteiger partial charge in [0.05, 0.1) is 4.88 Å². The number of thiophene rings is 2. The topological polar surface area (TPSA) is 32.3 Å². The predicted octanol–water partition coefficient (Wildman–Crippen LogP) is 3.55. The molecule has 118 valence electrons. The van der Waals surface area contributed by atoms with E-state index in [0.717, 1.165) is 30.8 Å². The zero-order valence-electron chi connectivity index (χ0n) is 13.1. The highest BCUT2D eigenvalue weighted by molar-refractivity contribution is 7.14. The summed E-state index contributed by atoms with van der Waals surface area (Å²) in [6.07, 6.45) is 2.13. The second-order valence-corrected chi connectivity index (χ2v) is 7.94. The van der Waals surface area contributed by atoms with Gasteiger partial charge in [-0.15, -0.1) is 22.7 Å². The van der Waals surface area contributed by atoms with Gasteiger partial charge in [-0.2, -0.15) is 0 Å². The third kappa shape index (κ3) is 3.42. The maximum atomic E-state index is 12.2. The van der Waals surface area contributed by atoms with Crippen LogP contribution in [0.4, 0.5) is 0 Å². The van der Waals surface area contributed by atoms with Gasteiger partial charge in [-0.05, 0) is 48.9 Å². The molecule has 1 aliphatic rings. The summed E-state index contributed by atoms with van der Waals surface area (Å²) in [5.74, 6) is 0.0600. The van der Waals surface area contributed by atoms with E-state index in [1.54, 1.807) is 11.3 Å². The van der Waals surface area contributed by atoms with Crippen molar-refractivity contribution in [2.24, 2.45) is 0 Å². The van der Waals surface area contributed by atoms with E-state index in [-0.39, 0.29) is 5.91 Å². The van der Waals surface area contributed by atoms with Gasteiger partial charge in [0, 0.05) is 35.4 Å². The molecule has 3 rings (SSSR count). The number of amides is 1. The largest absolute Gasteiger partial charge is 0.350 e. The van der Waals surface area contributed by atoms with Gasteiger partial charge >= 0.3 is 0 Å². The number of aryl methyl sites for hydroxylation is 1. The summed E-state index contributed by atoms with van der Waals surface area (Å²) in [6, 6.07) is 6.57. The number of carbonyl (C=O) groups is 1. The van der Waals surface area contributed by atoms with Crippen molar-refractivity contribution in [1.82, 2.24) is 10.2 Å². The molecule has 0 aliphatic carbocycles. The smallest absolute Gasteiger partial charge is 0.261 e. The van der Waals surface area contributed by atoms with E-state index < -0.39 is 0 Å². The molecule has 0 bridgehead atoms. The number of nitrogens with zero attached hydrogens (tertiary/aromatic N) is 1. The Balaban J connectivity index is 1.52. The zero-order chi connectivity index (χ0) is 15.5. The molecule has 2 aromatic heterocycles. The fourth-order valence-corrected chi connectivity index (χ4v) is 4.55. The molecule has 3 nitrogen and oxygen atoms in total. The SMILES string of the molecule is CCc1ccc(C(=O)NC[C@@H](C)N2CCc3sccc3C2)s1. The monoisotopic (exact) mass is 334 g/mol. The highest BCUT2D eigenvalue weighted by Gasteiger charge is 2.22. The van der Waals surface area contributed by atoms with Crippen LogP contribution in [0.5, 0.6) is 0 Å². The Bertz CT molecular complexity index is 647. The molecule has 2 aromatic rings. The van der Waals surface area contributed by atoms with E-state index in [0.29, 0.717) is 12.6 Å². The molecular formula is C17H22N2OS2. The van der Waals surface area contributed by atoms with Gasteiger partial charge in [-0.1, -0.05) is 6.92 Å². The zero-order valence-corrected chi connectivity index (χ0v) is 14.7. The minimum absolute atomic E-state index is 0.0600. The summed E-state index contributed by atoms with van der Waals surface area (Å²) >= 11 is 3.46. The standard InChI is InChI=1S/C17H22N2OS2/c1-3-14-4-5-16(22-14)17(20)18-10-12(2)19-8-6-15-13(11-19)7-9-21-15/h4-5,7,9,12H,3,6,8,10-11H2,1-2H3,(H,18,20)/t12-/m1/s1. The van der Waals surface area contributed by atoms with Crippen LogP contribution in [0.25, 0.3) is 0 Å². The number of hydrogen-bond acceptors (Lipinski definition) is 4. The second kappa shape index (κ2) is 6.94. The van der Waals surface area contributed by atoms with Gasteiger partial charge in [0.15, 0.2) is 0 Å². The third-order valence-electron chi connectivity index (χ3n) is 4.25. The summed E-state index contributed by atoms with van der Waals surface area (Å²) in [5, 5.41) is 5.27. The lowest BCUT2D eigenvalue weighted by molar-refractivity contribution is 0.0937. The van der Waals surface area contributed by atoms with Crippen LogP contribution in [-0.4, -0.2) is 29.9 Å². The van der Waals surface area contributed by atoms with Crippen molar-refractivity contribution < 1.29 is 4.79 Å². The molecule has 1 aliphatic heterocycles. The van der Waals surface area contributed by atoms with Gasteiger partial charge in [0.2, 0.25) is 0 Å². The Morgan fingerprint density at radius 3 is 3.05 bits per heavy atom. The Morgan fingerprint density at radius 2 is 2.27 bits per heavy atom. The van der Waals surface area contributed by atoms with Crippen LogP contribution in [0.1, 0.15) is 38.8 Å². The maximum Gasteiger partial charge on any atom is 0.261 e. The van der Waals surface area contributed by atoms with E-state index in [1.807, 2.05) is 23.5 Å². The highest BCUT2D eigenvalue weighted by atomic mass is 32.1. The third-order valence-corrected chi connectivity index (χ3v) is 6.50. The van der Waals surface area contributed by atoms with E-state index >= 15 is 0 Å². The quantitative estimate of drug-likeness (QED) is 0.907. The van der Waals surface area contributed by atoms with Crippen molar-refractivity contribution in [2.45, 2.75) is 39.3 Å². The average molecular weight is 335 g/mol. The Morgan fingerprint density at radius 1 is 1.41 bits per heavy atom. The summed E-state index contributed by atoms with van der Waals surface area (Å²) in [5.41, 5.74) is 1.46. The molecule has 0 fully saturated rings. The number of fused-ring (bicyclic) bond motifs is 1. The van der Waals surface area contributed by atoms with E-state index in [2.05, 4.69) is 35.5 Å². The van der Waals surface area contributed by atoms with E-state index in [9.17, 15) is 4.79 Å². The van der Waals surface area contributed by atoms with Crippen molar-refractivity contribution in [2.75, 3.05) is 13.1 Å². The maximum absolute atomic E-state index is 12.2. The second-order valence-electron chi connectivity index (χ2n) is 5.77. The van der Waals surface area contributed by atoms with Crippen LogP contribution in [0.2, 0.25) is 0 Å². The summed E-state index contributed by atoms with van der Waals surface area (Å²) in [7, 11) is 0. The van der Waals surface area contributed by atoms with Crippen LogP contribution in [0, 0.1) is 0 Å². The molecule has 0 radical (unpaired) electrons. The van der Waals surface area contributed by atoms with Gasteiger partial charge in [-0.25, -0.2) is 0 Å².